The summed E-state index contributed by atoms with van der Waals surface area (Å²) in [7, 11) is 0. The third-order valence-corrected chi connectivity index (χ3v) is 5.08. The van der Waals surface area contributed by atoms with Gasteiger partial charge in [-0.25, -0.2) is 0 Å². The maximum absolute atomic E-state index is 12.0. The number of thioether (sulfide) groups is 1. The molecule has 4 heteroatoms. The van der Waals surface area contributed by atoms with E-state index in [4.69, 9.17) is 0 Å². The molecule has 3 saturated heterocycles. The molecule has 3 rings (SSSR count). The highest BCUT2D eigenvalue weighted by Gasteiger charge is 2.43. The lowest BCUT2D eigenvalue weighted by Crippen LogP contribution is -2.42. The van der Waals surface area contributed by atoms with Crippen LogP contribution in [-0.4, -0.2) is 35.5 Å². The average molecular weight is 226 g/mol. The summed E-state index contributed by atoms with van der Waals surface area (Å²) in [6, 6.07) is 1.55. The summed E-state index contributed by atoms with van der Waals surface area (Å²) < 4.78 is 0. The van der Waals surface area contributed by atoms with Gasteiger partial charge in [-0.2, -0.15) is 11.8 Å². The number of fused-ring (bicyclic) bond motifs is 2. The Hall–Kier alpha value is -0.220. The van der Waals surface area contributed by atoms with Crippen molar-refractivity contribution in [1.29, 1.82) is 0 Å². The fraction of sp³-hybridized carbons (Fsp3) is 0.909. The van der Waals surface area contributed by atoms with Crippen LogP contribution in [0.15, 0.2) is 0 Å². The summed E-state index contributed by atoms with van der Waals surface area (Å²) in [4.78, 5) is 12.0. The number of carbonyl (C=O) groups excluding carboxylic acids is 1. The van der Waals surface area contributed by atoms with Gasteiger partial charge in [0.25, 0.3) is 0 Å². The first kappa shape index (κ1) is 9.97. The third-order valence-electron chi connectivity index (χ3n) is 3.91. The van der Waals surface area contributed by atoms with Crippen molar-refractivity contribution in [2.75, 3.05) is 11.5 Å². The third kappa shape index (κ3) is 1.89. The number of nitrogens with one attached hydrogen (secondary N) is 2. The minimum Gasteiger partial charge on any atom is -0.352 e. The highest BCUT2D eigenvalue weighted by molar-refractivity contribution is 7.99. The van der Waals surface area contributed by atoms with Crippen molar-refractivity contribution in [3.63, 3.8) is 0 Å². The van der Waals surface area contributed by atoms with Gasteiger partial charge in [-0.1, -0.05) is 0 Å². The van der Waals surface area contributed by atoms with E-state index < -0.39 is 0 Å². The van der Waals surface area contributed by atoms with Crippen LogP contribution in [0.5, 0.6) is 0 Å². The Kier molecular flexibility index (Phi) is 2.64. The lowest BCUT2D eigenvalue weighted by atomic mass is 9.88. The van der Waals surface area contributed by atoms with E-state index in [0.29, 0.717) is 24.0 Å². The van der Waals surface area contributed by atoms with Crippen molar-refractivity contribution in [1.82, 2.24) is 10.6 Å². The zero-order chi connectivity index (χ0) is 10.3. The summed E-state index contributed by atoms with van der Waals surface area (Å²) in [6.45, 7) is 0. The second kappa shape index (κ2) is 3.98. The van der Waals surface area contributed by atoms with E-state index in [2.05, 4.69) is 10.6 Å². The topological polar surface area (TPSA) is 41.1 Å². The van der Waals surface area contributed by atoms with Gasteiger partial charge in [-0.3, -0.25) is 4.79 Å². The molecule has 4 atom stereocenters. The van der Waals surface area contributed by atoms with Crippen LogP contribution in [0, 0.1) is 5.92 Å². The molecule has 3 aliphatic rings. The van der Waals surface area contributed by atoms with E-state index in [-0.39, 0.29) is 5.92 Å². The fourth-order valence-electron chi connectivity index (χ4n) is 3.07. The molecule has 3 heterocycles. The molecule has 3 fully saturated rings. The van der Waals surface area contributed by atoms with Gasteiger partial charge >= 0.3 is 0 Å². The molecule has 0 spiro atoms. The Morgan fingerprint density at radius 2 is 2.27 bits per heavy atom. The highest BCUT2D eigenvalue weighted by atomic mass is 32.2. The molecule has 4 unspecified atom stereocenters. The Morgan fingerprint density at radius 1 is 1.33 bits per heavy atom. The van der Waals surface area contributed by atoms with Crippen LogP contribution in [0.3, 0.4) is 0 Å². The van der Waals surface area contributed by atoms with E-state index in [1.54, 1.807) is 0 Å². The largest absolute Gasteiger partial charge is 0.352 e. The maximum atomic E-state index is 12.0. The number of hydrogen-bond acceptors (Lipinski definition) is 3. The molecule has 3 aliphatic heterocycles. The lowest BCUT2D eigenvalue weighted by molar-refractivity contribution is -0.126. The predicted molar refractivity (Wildman–Crippen MR) is 61.9 cm³/mol. The molecular formula is C11H18N2OS. The molecular weight excluding hydrogens is 208 g/mol. The molecule has 0 aromatic rings. The van der Waals surface area contributed by atoms with Gasteiger partial charge < -0.3 is 10.6 Å². The van der Waals surface area contributed by atoms with Gasteiger partial charge in [0.1, 0.15) is 0 Å². The normalized spacial score (nSPS) is 43.5. The van der Waals surface area contributed by atoms with Crippen molar-refractivity contribution in [2.45, 2.75) is 43.8 Å². The van der Waals surface area contributed by atoms with Gasteiger partial charge in [0.15, 0.2) is 0 Å². The van der Waals surface area contributed by atoms with E-state index in [9.17, 15) is 4.79 Å². The van der Waals surface area contributed by atoms with Gasteiger partial charge in [-0.05, 0) is 31.4 Å². The van der Waals surface area contributed by atoms with Crippen molar-refractivity contribution >= 4 is 17.7 Å². The molecule has 0 aromatic carbocycles. The first-order valence-electron chi connectivity index (χ1n) is 5.97. The molecule has 15 heavy (non-hydrogen) atoms. The van der Waals surface area contributed by atoms with Crippen LogP contribution < -0.4 is 10.6 Å². The van der Waals surface area contributed by atoms with E-state index in [1.807, 2.05) is 11.8 Å². The zero-order valence-corrected chi connectivity index (χ0v) is 9.69. The number of carbonyl (C=O) groups is 1. The average Bonchev–Trinajstić information content (AvgIpc) is 2.93. The first-order valence-corrected chi connectivity index (χ1v) is 7.12. The van der Waals surface area contributed by atoms with Crippen molar-refractivity contribution in [3.8, 4) is 0 Å². The monoisotopic (exact) mass is 226 g/mol. The predicted octanol–water partition coefficient (Wildman–Crippen LogP) is 0.749. The molecule has 0 aliphatic carbocycles. The van der Waals surface area contributed by atoms with E-state index in [1.165, 1.54) is 18.6 Å². The molecule has 2 bridgehead atoms. The number of hydrogen-bond donors (Lipinski definition) is 2. The zero-order valence-electron chi connectivity index (χ0n) is 8.87. The first-order chi connectivity index (χ1) is 7.33. The van der Waals surface area contributed by atoms with Crippen molar-refractivity contribution in [3.05, 3.63) is 0 Å². The van der Waals surface area contributed by atoms with Crippen LogP contribution >= 0.6 is 11.8 Å². The standard InChI is InChI=1S/C11H18N2OS/c14-11(13-8-3-4-15-6-8)9-5-7-1-2-10(9)12-7/h7-10,12H,1-6H2,(H,13,14). The second-order valence-electron chi connectivity index (χ2n) is 4.96. The van der Waals surface area contributed by atoms with E-state index in [0.717, 1.165) is 18.6 Å². The molecule has 1 amide bonds. The minimum atomic E-state index is 0.259. The summed E-state index contributed by atoms with van der Waals surface area (Å²) >= 11 is 1.95. The highest BCUT2D eigenvalue weighted by Crippen LogP contribution is 2.33. The van der Waals surface area contributed by atoms with E-state index >= 15 is 0 Å². The van der Waals surface area contributed by atoms with Gasteiger partial charge in [0, 0.05) is 23.9 Å². The Labute approximate surface area is 94.8 Å². The van der Waals surface area contributed by atoms with Crippen molar-refractivity contribution in [2.24, 2.45) is 5.92 Å². The molecule has 0 saturated carbocycles. The Balaban J connectivity index is 1.56. The summed E-state index contributed by atoms with van der Waals surface area (Å²) in [5, 5.41) is 6.72. The van der Waals surface area contributed by atoms with Crippen molar-refractivity contribution < 1.29 is 4.79 Å². The SMILES string of the molecule is O=C(NC1CCSC1)C1CC2CCC1N2. The summed E-state index contributed by atoms with van der Waals surface area (Å²) in [5.74, 6) is 2.89. The quantitative estimate of drug-likeness (QED) is 0.730. The second-order valence-corrected chi connectivity index (χ2v) is 6.11. The minimum absolute atomic E-state index is 0.259. The number of amides is 1. The fourth-order valence-corrected chi connectivity index (χ4v) is 4.22. The smallest absolute Gasteiger partial charge is 0.224 e. The maximum Gasteiger partial charge on any atom is 0.224 e. The van der Waals surface area contributed by atoms with Gasteiger partial charge in [0.05, 0.1) is 5.92 Å². The van der Waals surface area contributed by atoms with Gasteiger partial charge in [0.2, 0.25) is 5.91 Å². The van der Waals surface area contributed by atoms with Crippen LogP contribution in [0.2, 0.25) is 0 Å². The Bertz CT molecular complexity index is 265. The molecule has 2 N–H and O–H groups in total. The molecule has 84 valence electrons. The van der Waals surface area contributed by atoms with Crippen LogP contribution in [0.1, 0.15) is 25.7 Å². The Morgan fingerprint density at radius 3 is 2.87 bits per heavy atom. The number of rotatable bonds is 2. The molecule has 0 aromatic heterocycles. The summed E-state index contributed by atoms with van der Waals surface area (Å²) in [5.41, 5.74) is 0. The van der Waals surface area contributed by atoms with Gasteiger partial charge in [-0.15, -0.1) is 0 Å². The van der Waals surface area contributed by atoms with Crippen LogP contribution in [0.4, 0.5) is 0 Å². The molecule has 0 radical (unpaired) electrons. The van der Waals surface area contributed by atoms with Crippen LogP contribution in [0.25, 0.3) is 0 Å². The molecule has 3 nitrogen and oxygen atoms in total. The van der Waals surface area contributed by atoms with Crippen LogP contribution in [-0.2, 0) is 4.79 Å². The lowest BCUT2D eigenvalue weighted by Gasteiger charge is -2.21. The summed E-state index contributed by atoms with van der Waals surface area (Å²) in [6.07, 6.45) is 4.69.